The number of rotatable bonds is 4. The topological polar surface area (TPSA) is 79.0 Å². The number of hydrogen-bond acceptors (Lipinski definition) is 5. The summed E-state index contributed by atoms with van der Waals surface area (Å²) < 4.78 is 5.35. The van der Waals surface area contributed by atoms with Crippen molar-refractivity contribution in [3.63, 3.8) is 0 Å². The van der Waals surface area contributed by atoms with Crippen LogP contribution in [-0.4, -0.2) is 79.9 Å². The number of β-amino-alcohol motifs (C(OH)–C–C–N with tert-alkyl or cyclic N) is 1. The molecule has 6 heteroatoms. The second-order valence-corrected chi connectivity index (χ2v) is 5.45. The molecule has 0 spiro atoms. The average Bonchev–Trinajstić information content (AvgIpc) is 2.48. The van der Waals surface area contributed by atoms with E-state index in [-0.39, 0.29) is 12.5 Å². The Kier molecular flexibility index (Phi) is 5.15. The SMILES string of the molecule is NCC1(C(=O)N2CCN(CCO)CC2)CCOCC1. The van der Waals surface area contributed by atoms with Crippen LogP contribution in [0.4, 0.5) is 0 Å². The number of carbonyl (C=O) groups excluding carboxylic acids is 1. The Morgan fingerprint density at radius 3 is 2.37 bits per heavy atom. The number of amides is 1. The standard InChI is InChI=1S/C13H25N3O3/c14-11-13(1-9-19-10-2-13)12(18)16-5-3-15(4-6-16)7-8-17/h17H,1-11,14H2. The van der Waals surface area contributed by atoms with E-state index in [2.05, 4.69) is 4.90 Å². The molecule has 0 unspecified atom stereocenters. The lowest BCUT2D eigenvalue weighted by Gasteiger charge is -2.42. The highest BCUT2D eigenvalue weighted by molar-refractivity contribution is 5.83. The van der Waals surface area contributed by atoms with Gasteiger partial charge in [-0.2, -0.15) is 0 Å². The van der Waals surface area contributed by atoms with Gasteiger partial charge in [0, 0.05) is 52.5 Å². The molecule has 2 saturated heterocycles. The van der Waals surface area contributed by atoms with Crippen LogP contribution in [-0.2, 0) is 9.53 Å². The van der Waals surface area contributed by atoms with Crippen molar-refractivity contribution in [3.05, 3.63) is 0 Å². The first-order valence-corrected chi connectivity index (χ1v) is 7.12. The van der Waals surface area contributed by atoms with E-state index in [0.717, 1.165) is 39.0 Å². The second kappa shape index (κ2) is 6.65. The van der Waals surface area contributed by atoms with E-state index >= 15 is 0 Å². The predicted octanol–water partition coefficient (Wildman–Crippen LogP) is -1.12. The van der Waals surface area contributed by atoms with Crippen molar-refractivity contribution in [1.82, 2.24) is 9.80 Å². The normalized spacial score (nSPS) is 24.4. The van der Waals surface area contributed by atoms with E-state index in [1.165, 1.54) is 0 Å². The molecule has 110 valence electrons. The number of hydrogen-bond donors (Lipinski definition) is 2. The van der Waals surface area contributed by atoms with Crippen LogP contribution >= 0.6 is 0 Å². The summed E-state index contributed by atoms with van der Waals surface area (Å²) in [6.07, 6.45) is 1.47. The molecule has 0 aromatic carbocycles. The molecule has 2 heterocycles. The smallest absolute Gasteiger partial charge is 0.230 e. The summed E-state index contributed by atoms with van der Waals surface area (Å²) in [5, 5.41) is 8.92. The number of carbonyl (C=O) groups is 1. The number of aliphatic hydroxyl groups is 1. The van der Waals surface area contributed by atoms with Crippen LogP contribution in [0.1, 0.15) is 12.8 Å². The Hall–Kier alpha value is -0.690. The summed E-state index contributed by atoms with van der Waals surface area (Å²) in [7, 11) is 0. The predicted molar refractivity (Wildman–Crippen MR) is 71.6 cm³/mol. The fourth-order valence-electron chi connectivity index (χ4n) is 2.92. The molecular formula is C13H25N3O3. The fourth-order valence-corrected chi connectivity index (χ4v) is 2.92. The van der Waals surface area contributed by atoms with Gasteiger partial charge in [0.05, 0.1) is 12.0 Å². The van der Waals surface area contributed by atoms with Gasteiger partial charge in [-0.25, -0.2) is 0 Å². The van der Waals surface area contributed by atoms with Crippen LogP contribution in [0, 0.1) is 5.41 Å². The Morgan fingerprint density at radius 1 is 1.21 bits per heavy atom. The molecular weight excluding hydrogens is 246 g/mol. The maximum absolute atomic E-state index is 12.7. The molecule has 3 N–H and O–H groups in total. The van der Waals surface area contributed by atoms with Crippen LogP contribution in [0.3, 0.4) is 0 Å². The third-order valence-corrected chi connectivity index (χ3v) is 4.37. The van der Waals surface area contributed by atoms with Gasteiger partial charge in [-0.1, -0.05) is 0 Å². The van der Waals surface area contributed by atoms with Crippen molar-refractivity contribution < 1.29 is 14.6 Å². The summed E-state index contributed by atoms with van der Waals surface area (Å²) in [4.78, 5) is 16.8. The lowest BCUT2D eigenvalue weighted by Crippen LogP contribution is -2.56. The molecule has 0 atom stereocenters. The molecule has 0 radical (unpaired) electrons. The Labute approximate surface area is 114 Å². The quantitative estimate of drug-likeness (QED) is 0.677. The van der Waals surface area contributed by atoms with Gasteiger partial charge in [0.15, 0.2) is 0 Å². The van der Waals surface area contributed by atoms with E-state index in [1.807, 2.05) is 4.90 Å². The van der Waals surface area contributed by atoms with Crippen LogP contribution < -0.4 is 5.73 Å². The minimum absolute atomic E-state index is 0.179. The van der Waals surface area contributed by atoms with Gasteiger partial charge in [-0.15, -0.1) is 0 Å². The number of nitrogens with two attached hydrogens (primary N) is 1. The van der Waals surface area contributed by atoms with E-state index in [0.29, 0.717) is 26.3 Å². The largest absolute Gasteiger partial charge is 0.395 e. The van der Waals surface area contributed by atoms with Gasteiger partial charge >= 0.3 is 0 Å². The average molecular weight is 271 g/mol. The molecule has 2 fully saturated rings. The highest BCUT2D eigenvalue weighted by atomic mass is 16.5. The minimum Gasteiger partial charge on any atom is -0.395 e. The monoisotopic (exact) mass is 271 g/mol. The highest BCUT2D eigenvalue weighted by Crippen LogP contribution is 2.31. The van der Waals surface area contributed by atoms with Gasteiger partial charge in [0.2, 0.25) is 5.91 Å². The Bertz CT molecular complexity index is 298. The fraction of sp³-hybridized carbons (Fsp3) is 0.923. The van der Waals surface area contributed by atoms with E-state index < -0.39 is 5.41 Å². The van der Waals surface area contributed by atoms with Gasteiger partial charge in [0.1, 0.15) is 0 Å². The molecule has 0 aliphatic carbocycles. The van der Waals surface area contributed by atoms with Crippen molar-refractivity contribution in [2.24, 2.45) is 11.1 Å². The zero-order valence-electron chi connectivity index (χ0n) is 11.5. The summed E-state index contributed by atoms with van der Waals surface area (Å²) in [5.74, 6) is 0.196. The van der Waals surface area contributed by atoms with Crippen molar-refractivity contribution in [1.29, 1.82) is 0 Å². The van der Waals surface area contributed by atoms with E-state index in [4.69, 9.17) is 15.6 Å². The summed E-state index contributed by atoms with van der Waals surface area (Å²) in [6.45, 7) is 5.69. The molecule has 2 aliphatic rings. The molecule has 2 rings (SSSR count). The number of piperazine rings is 1. The zero-order valence-corrected chi connectivity index (χ0v) is 11.5. The first-order chi connectivity index (χ1) is 9.22. The lowest BCUT2D eigenvalue weighted by molar-refractivity contribution is -0.149. The van der Waals surface area contributed by atoms with Crippen LogP contribution in [0.15, 0.2) is 0 Å². The summed E-state index contributed by atoms with van der Waals surface area (Å²) >= 11 is 0. The third-order valence-electron chi connectivity index (χ3n) is 4.37. The first-order valence-electron chi connectivity index (χ1n) is 7.12. The molecule has 0 saturated carbocycles. The molecule has 2 aliphatic heterocycles. The molecule has 19 heavy (non-hydrogen) atoms. The second-order valence-electron chi connectivity index (χ2n) is 5.45. The number of nitrogens with zero attached hydrogens (tertiary/aromatic N) is 2. The van der Waals surface area contributed by atoms with Crippen molar-refractivity contribution >= 4 is 5.91 Å². The lowest BCUT2D eigenvalue weighted by atomic mass is 9.78. The Balaban J connectivity index is 1.92. The van der Waals surface area contributed by atoms with Crippen molar-refractivity contribution in [2.45, 2.75) is 12.8 Å². The van der Waals surface area contributed by atoms with Crippen LogP contribution in [0.25, 0.3) is 0 Å². The molecule has 6 nitrogen and oxygen atoms in total. The number of ether oxygens (including phenoxy) is 1. The molecule has 0 aromatic rings. The number of aliphatic hydroxyl groups excluding tert-OH is 1. The van der Waals surface area contributed by atoms with Crippen molar-refractivity contribution in [3.8, 4) is 0 Å². The van der Waals surface area contributed by atoms with Crippen molar-refractivity contribution in [2.75, 3.05) is 59.1 Å². The zero-order chi connectivity index (χ0) is 13.7. The van der Waals surface area contributed by atoms with Gasteiger partial charge < -0.3 is 20.5 Å². The van der Waals surface area contributed by atoms with Crippen LogP contribution in [0.5, 0.6) is 0 Å². The van der Waals surface area contributed by atoms with Crippen LogP contribution in [0.2, 0.25) is 0 Å². The van der Waals surface area contributed by atoms with Gasteiger partial charge in [0.25, 0.3) is 0 Å². The first kappa shape index (κ1) is 14.7. The maximum atomic E-state index is 12.7. The summed E-state index contributed by atoms with van der Waals surface area (Å²) in [5.41, 5.74) is 5.47. The van der Waals surface area contributed by atoms with Gasteiger partial charge in [-0.05, 0) is 12.8 Å². The highest BCUT2D eigenvalue weighted by Gasteiger charge is 2.41. The summed E-state index contributed by atoms with van der Waals surface area (Å²) in [6, 6.07) is 0. The molecule has 0 bridgehead atoms. The van der Waals surface area contributed by atoms with E-state index in [9.17, 15) is 4.79 Å². The minimum atomic E-state index is -0.405. The Morgan fingerprint density at radius 2 is 1.84 bits per heavy atom. The molecule has 0 aromatic heterocycles. The third kappa shape index (κ3) is 3.25. The maximum Gasteiger partial charge on any atom is 0.230 e. The van der Waals surface area contributed by atoms with E-state index in [1.54, 1.807) is 0 Å². The molecule has 1 amide bonds. The van der Waals surface area contributed by atoms with Gasteiger partial charge in [-0.3, -0.25) is 9.69 Å².